The van der Waals surface area contributed by atoms with Crippen LogP contribution in [0.1, 0.15) is 18.6 Å². The summed E-state index contributed by atoms with van der Waals surface area (Å²) < 4.78 is 0. The van der Waals surface area contributed by atoms with Crippen molar-refractivity contribution < 1.29 is 5.11 Å². The molecule has 2 nitrogen and oxygen atoms in total. The van der Waals surface area contributed by atoms with E-state index in [1.165, 1.54) is 0 Å². The lowest BCUT2D eigenvalue weighted by Gasteiger charge is -2.11. The van der Waals surface area contributed by atoms with Gasteiger partial charge in [-0.1, -0.05) is 30.3 Å². The predicted molar refractivity (Wildman–Crippen MR) is 46.2 cm³/mol. The molecule has 0 radical (unpaired) electrons. The third kappa shape index (κ3) is 1.84. The van der Waals surface area contributed by atoms with Gasteiger partial charge in [0.05, 0.1) is 18.1 Å². The Morgan fingerprint density at radius 1 is 1.33 bits per heavy atom. The molecule has 0 amide bonds. The molecule has 0 heterocycles. The zero-order valence-electron chi connectivity index (χ0n) is 6.94. The monoisotopic (exact) mass is 161 g/mol. The van der Waals surface area contributed by atoms with E-state index in [-0.39, 0.29) is 5.92 Å². The molecule has 0 unspecified atom stereocenters. The SMILES string of the molecule is C[C@@H](C#N)[C@@H](O)c1ccccc1. The summed E-state index contributed by atoms with van der Waals surface area (Å²) in [5, 5.41) is 18.1. The van der Waals surface area contributed by atoms with Gasteiger partial charge in [0.2, 0.25) is 0 Å². The lowest BCUT2D eigenvalue weighted by molar-refractivity contribution is 0.143. The van der Waals surface area contributed by atoms with E-state index in [1.54, 1.807) is 6.92 Å². The number of nitrogens with zero attached hydrogens (tertiary/aromatic N) is 1. The molecule has 0 saturated carbocycles. The van der Waals surface area contributed by atoms with Crippen LogP contribution in [0.5, 0.6) is 0 Å². The van der Waals surface area contributed by atoms with Gasteiger partial charge in [0.15, 0.2) is 0 Å². The number of hydrogen-bond acceptors (Lipinski definition) is 2. The van der Waals surface area contributed by atoms with E-state index in [9.17, 15) is 5.11 Å². The molecule has 0 aliphatic heterocycles. The normalized spacial score (nSPS) is 14.8. The number of benzene rings is 1. The third-order valence-corrected chi connectivity index (χ3v) is 1.82. The first-order chi connectivity index (χ1) is 5.75. The predicted octanol–water partition coefficient (Wildman–Crippen LogP) is 1.88. The summed E-state index contributed by atoms with van der Waals surface area (Å²) in [6, 6.07) is 11.2. The van der Waals surface area contributed by atoms with E-state index in [1.807, 2.05) is 36.4 Å². The van der Waals surface area contributed by atoms with Crippen molar-refractivity contribution >= 4 is 0 Å². The Morgan fingerprint density at radius 2 is 1.92 bits per heavy atom. The summed E-state index contributed by atoms with van der Waals surface area (Å²) in [5.41, 5.74) is 0.798. The molecule has 1 aromatic carbocycles. The van der Waals surface area contributed by atoms with Crippen LogP contribution in [0.3, 0.4) is 0 Å². The maximum absolute atomic E-state index is 9.57. The Kier molecular flexibility index (Phi) is 2.84. The minimum atomic E-state index is -0.670. The van der Waals surface area contributed by atoms with Crippen molar-refractivity contribution in [2.45, 2.75) is 13.0 Å². The second kappa shape index (κ2) is 3.89. The summed E-state index contributed by atoms with van der Waals surface area (Å²) in [5.74, 6) is -0.354. The highest BCUT2D eigenvalue weighted by atomic mass is 16.3. The Balaban J connectivity index is 2.80. The van der Waals surface area contributed by atoms with Crippen molar-refractivity contribution in [2.24, 2.45) is 5.92 Å². The fraction of sp³-hybridized carbons (Fsp3) is 0.300. The van der Waals surface area contributed by atoms with Crippen molar-refractivity contribution in [3.05, 3.63) is 35.9 Å². The van der Waals surface area contributed by atoms with Gasteiger partial charge in [-0.15, -0.1) is 0 Å². The highest BCUT2D eigenvalue weighted by Crippen LogP contribution is 2.20. The minimum absolute atomic E-state index is 0.354. The van der Waals surface area contributed by atoms with E-state index >= 15 is 0 Å². The standard InChI is InChI=1S/C10H11NO/c1-8(7-11)10(12)9-5-3-2-4-6-9/h2-6,8,10,12H,1H3/t8-,10+/m0/s1. The molecule has 0 aliphatic rings. The van der Waals surface area contributed by atoms with Crippen LogP contribution in [0.4, 0.5) is 0 Å². The molecule has 2 atom stereocenters. The third-order valence-electron chi connectivity index (χ3n) is 1.82. The molecular weight excluding hydrogens is 150 g/mol. The first kappa shape index (κ1) is 8.76. The van der Waals surface area contributed by atoms with E-state index in [2.05, 4.69) is 0 Å². The second-order valence-electron chi connectivity index (χ2n) is 2.77. The summed E-state index contributed by atoms with van der Waals surface area (Å²) >= 11 is 0. The molecular formula is C10H11NO. The van der Waals surface area contributed by atoms with Gasteiger partial charge in [0, 0.05) is 0 Å². The molecule has 2 heteroatoms. The highest BCUT2D eigenvalue weighted by molar-refractivity contribution is 5.19. The average molecular weight is 161 g/mol. The Hall–Kier alpha value is -1.33. The van der Waals surface area contributed by atoms with Gasteiger partial charge in [-0.05, 0) is 12.5 Å². The highest BCUT2D eigenvalue weighted by Gasteiger charge is 2.14. The Bertz CT molecular complexity index is 276. The van der Waals surface area contributed by atoms with E-state index in [4.69, 9.17) is 5.26 Å². The largest absolute Gasteiger partial charge is 0.387 e. The summed E-state index contributed by atoms with van der Waals surface area (Å²) in [7, 11) is 0. The summed E-state index contributed by atoms with van der Waals surface area (Å²) in [6.07, 6.45) is -0.670. The van der Waals surface area contributed by atoms with Crippen LogP contribution in [0, 0.1) is 17.2 Å². The Labute approximate surface area is 72.1 Å². The Morgan fingerprint density at radius 3 is 2.42 bits per heavy atom. The topological polar surface area (TPSA) is 44.0 Å². The quantitative estimate of drug-likeness (QED) is 0.719. The van der Waals surface area contributed by atoms with Gasteiger partial charge in [0.25, 0.3) is 0 Å². The van der Waals surface area contributed by atoms with Crippen LogP contribution in [-0.2, 0) is 0 Å². The van der Waals surface area contributed by atoms with Crippen LogP contribution in [-0.4, -0.2) is 5.11 Å². The molecule has 62 valence electrons. The van der Waals surface area contributed by atoms with Crippen molar-refractivity contribution in [3.63, 3.8) is 0 Å². The zero-order valence-corrected chi connectivity index (χ0v) is 6.94. The molecule has 0 spiro atoms. The minimum Gasteiger partial charge on any atom is -0.387 e. The van der Waals surface area contributed by atoms with Crippen LogP contribution in [0.25, 0.3) is 0 Å². The molecule has 1 rings (SSSR count). The zero-order chi connectivity index (χ0) is 8.97. The van der Waals surface area contributed by atoms with E-state index < -0.39 is 6.10 Å². The van der Waals surface area contributed by atoms with Crippen molar-refractivity contribution in [3.8, 4) is 6.07 Å². The van der Waals surface area contributed by atoms with Crippen LogP contribution in [0.15, 0.2) is 30.3 Å². The van der Waals surface area contributed by atoms with Crippen LogP contribution in [0.2, 0.25) is 0 Å². The fourth-order valence-corrected chi connectivity index (χ4v) is 1.01. The van der Waals surface area contributed by atoms with Gasteiger partial charge in [-0.25, -0.2) is 0 Å². The van der Waals surface area contributed by atoms with Gasteiger partial charge in [-0.3, -0.25) is 0 Å². The molecule has 12 heavy (non-hydrogen) atoms. The van der Waals surface area contributed by atoms with Gasteiger partial charge in [0.1, 0.15) is 0 Å². The van der Waals surface area contributed by atoms with Crippen molar-refractivity contribution in [1.29, 1.82) is 5.26 Å². The van der Waals surface area contributed by atoms with Gasteiger partial charge >= 0.3 is 0 Å². The molecule has 0 bridgehead atoms. The van der Waals surface area contributed by atoms with Gasteiger partial charge in [-0.2, -0.15) is 5.26 Å². The number of rotatable bonds is 2. The van der Waals surface area contributed by atoms with Crippen molar-refractivity contribution in [1.82, 2.24) is 0 Å². The molecule has 1 N–H and O–H groups in total. The van der Waals surface area contributed by atoms with Gasteiger partial charge < -0.3 is 5.11 Å². The van der Waals surface area contributed by atoms with Crippen molar-refractivity contribution in [2.75, 3.05) is 0 Å². The number of nitriles is 1. The lowest BCUT2D eigenvalue weighted by Crippen LogP contribution is -2.06. The van der Waals surface area contributed by atoms with Crippen LogP contribution >= 0.6 is 0 Å². The fourth-order valence-electron chi connectivity index (χ4n) is 1.01. The molecule has 0 aromatic heterocycles. The number of aliphatic hydroxyl groups is 1. The number of hydrogen-bond donors (Lipinski definition) is 1. The maximum Gasteiger partial charge on any atom is 0.0945 e. The lowest BCUT2D eigenvalue weighted by atomic mass is 9.99. The number of aliphatic hydroxyl groups excluding tert-OH is 1. The molecule has 1 aromatic rings. The van der Waals surface area contributed by atoms with E-state index in [0.717, 1.165) is 5.56 Å². The molecule has 0 fully saturated rings. The smallest absolute Gasteiger partial charge is 0.0945 e. The average Bonchev–Trinajstić information content (AvgIpc) is 2.17. The summed E-state index contributed by atoms with van der Waals surface area (Å²) in [4.78, 5) is 0. The molecule has 0 aliphatic carbocycles. The first-order valence-electron chi connectivity index (χ1n) is 3.88. The first-order valence-corrected chi connectivity index (χ1v) is 3.88. The van der Waals surface area contributed by atoms with E-state index in [0.29, 0.717) is 0 Å². The summed E-state index contributed by atoms with van der Waals surface area (Å²) in [6.45, 7) is 1.71. The van der Waals surface area contributed by atoms with Crippen LogP contribution < -0.4 is 0 Å². The maximum atomic E-state index is 9.57. The second-order valence-corrected chi connectivity index (χ2v) is 2.77. The molecule has 0 saturated heterocycles.